The second-order valence-electron chi connectivity index (χ2n) is 6.52. The maximum Gasteiger partial charge on any atom is 0.243 e. The van der Waals surface area contributed by atoms with Gasteiger partial charge in [-0.05, 0) is 38.4 Å². The molecular formula is C18H22N4O3. The number of aryl methyl sites for hydroxylation is 1. The number of aromatic nitrogens is 2. The average molecular weight is 342 g/mol. The van der Waals surface area contributed by atoms with Crippen LogP contribution in [0, 0.1) is 6.92 Å². The van der Waals surface area contributed by atoms with Crippen LogP contribution in [0.1, 0.15) is 37.0 Å². The third-order valence-corrected chi connectivity index (χ3v) is 4.81. The number of nitrogens with zero attached hydrogens (tertiary/aromatic N) is 4. The van der Waals surface area contributed by atoms with Crippen LogP contribution in [0.2, 0.25) is 0 Å². The van der Waals surface area contributed by atoms with Gasteiger partial charge in [0.1, 0.15) is 12.4 Å². The summed E-state index contributed by atoms with van der Waals surface area (Å²) < 4.78 is 11.0. The van der Waals surface area contributed by atoms with Crippen LogP contribution in [-0.2, 0) is 4.79 Å². The first-order chi connectivity index (χ1) is 12.2. The fraction of sp³-hybridized carbons (Fsp3) is 0.500. The van der Waals surface area contributed by atoms with E-state index in [0.717, 1.165) is 37.2 Å². The number of anilines is 1. The van der Waals surface area contributed by atoms with E-state index in [2.05, 4.69) is 15.0 Å². The second kappa shape index (κ2) is 6.84. The molecule has 2 aliphatic heterocycles. The Hall–Kier alpha value is -2.41. The van der Waals surface area contributed by atoms with Gasteiger partial charge in [0.15, 0.2) is 5.82 Å². The minimum Gasteiger partial charge on any atom is -0.490 e. The largest absolute Gasteiger partial charge is 0.490 e. The van der Waals surface area contributed by atoms with Crippen molar-refractivity contribution in [3.63, 3.8) is 0 Å². The molecular weight excluding hydrogens is 320 g/mol. The van der Waals surface area contributed by atoms with Crippen LogP contribution in [0.3, 0.4) is 0 Å². The summed E-state index contributed by atoms with van der Waals surface area (Å²) in [4.78, 5) is 21.3. The van der Waals surface area contributed by atoms with E-state index in [1.54, 1.807) is 0 Å². The van der Waals surface area contributed by atoms with Gasteiger partial charge in [0.05, 0.1) is 24.8 Å². The number of amides is 1. The van der Waals surface area contributed by atoms with Gasteiger partial charge in [-0.15, -0.1) is 0 Å². The highest BCUT2D eigenvalue weighted by molar-refractivity contribution is 5.96. The molecule has 0 N–H and O–H groups in total. The number of fused-ring (bicyclic) bond motifs is 1. The number of carbonyl (C=O) groups is 1. The van der Waals surface area contributed by atoms with E-state index in [4.69, 9.17) is 9.26 Å². The fourth-order valence-electron chi connectivity index (χ4n) is 3.60. The van der Waals surface area contributed by atoms with Gasteiger partial charge < -0.3 is 14.2 Å². The maximum absolute atomic E-state index is 13.0. The summed E-state index contributed by atoms with van der Waals surface area (Å²) in [7, 11) is 0. The van der Waals surface area contributed by atoms with Gasteiger partial charge in [0, 0.05) is 0 Å². The normalized spacial score (nSPS) is 20.8. The number of ether oxygens (including phenoxy) is 1. The van der Waals surface area contributed by atoms with Crippen molar-refractivity contribution >= 4 is 11.6 Å². The minimum atomic E-state index is 0.0233. The van der Waals surface area contributed by atoms with Crippen molar-refractivity contribution in [3.05, 3.63) is 36.0 Å². The number of para-hydroxylation sites is 2. The highest BCUT2D eigenvalue weighted by atomic mass is 16.5. The van der Waals surface area contributed by atoms with Crippen molar-refractivity contribution in [2.75, 3.05) is 31.1 Å². The summed E-state index contributed by atoms with van der Waals surface area (Å²) in [6, 6.07) is 7.71. The topological polar surface area (TPSA) is 71.7 Å². The molecule has 1 aromatic carbocycles. The van der Waals surface area contributed by atoms with E-state index < -0.39 is 0 Å². The molecule has 4 rings (SSSR count). The standard InChI is InChI=1S/C18H22N4O3/c1-13-19-18(25-20-13)15-7-4-5-9-21(15)12-17(23)22-10-11-24-16-8-3-2-6-14(16)22/h2-3,6,8,15H,4-5,7,9-12H2,1H3/t15-/m1/s1. The van der Waals surface area contributed by atoms with E-state index in [9.17, 15) is 4.79 Å². The van der Waals surface area contributed by atoms with E-state index in [0.29, 0.717) is 31.4 Å². The Labute approximate surface area is 146 Å². The summed E-state index contributed by atoms with van der Waals surface area (Å²) >= 11 is 0. The molecule has 0 unspecified atom stereocenters. The molecule has 25 heavy (non-hydrogen) atoms. The molecule has 0 saturated carbocycles. The van der Waals surface area contributed by atoms with Crippen LogP contribution in [0.25, 0.3) is 0 Å². The number of hydrogen-bond acceptors (Lipinski definition) is 6. The van der Waals surface area contributed by atoms with Crippen molar-refractivity contribution in [1.82, 2.24) is 15.0 Å². The molecule has 1 fully saturated rings. The number of carbonyl (C=O) groups excluding carboxylic acids is 1. The summed E-state index contributed by atoms with van der Waals surface area (Å²) in [6.45, 7) is 4.13. The molecule has 0 bridgehead atoms. The van der Waals surface area contributed by atoms with Crippen molar-refractivity contribution < 1.29 is 14.1 Å². The van der Waals surface area contributed by atoms with E-state index >= 15 is 0 Å². The molecule has 0 aliphatic carbocycles. The Morgan fingerprint density at radius 2 is 2.16 bits per heavy atom. The predicted molar refractivity (Wildman–Crippen MR) is 91.5 cm³/mol. The van der Waals surface area contributed by atoms with Crippen molar-refractivity contribution in [2.45, 2.75) is 32.2 Å². The lowest BCUT2D eigenvalue weighted by Crippen LogP contribution is -2.46. The predicted octanol–water partition coefficient (Wildman–Crippen LogP) is 2.33. The number of rotatable bonds is 3. The number of likely N-dealkylation sites (tertiary alicyclic amines) is 1. The van der Waals surface area contributed by atoms with E-state index in [1.807, 2.05) is 36.1 Å². The summed E-state index contributed by atoms with van der Waals surface area (Å²) in [5.74, 6) is 2.10. The van der Waals surface area contributed by atoms with Crippen LogP contribution < -0.4 is 9.64 Å². The highest BCUT2D eigenvalue weighted by Gasteiger charge is 2.32. The molecule has 2 aliphatic rings. The van der Waals surface area contributed by atoms with Gasteiger partial charge in [-0.25, -0.2) is 0 Å². The number of piperidine rings is 1. The molecule has 7 heteroatoms. The molecule has 1 saturated heterocycles. The zero-order valence-electron chi connectivity index (χ0n) is 14.4. The molecule has 1 atom stereocenters. The Kier molecular flexibility index (Phi) is 4.40. The average Bonchev–Trinajstić information content (AvgIpc) is 3.08. The zero-order chi connectivity index (χ0) is 17.2. The lowest BCUT2D eigenvalue weighted by molar-refractivity contribution is -0.121. The quantitative estimate of drug-likeness (QED) is 0.852. The summed E-state index contributed by atoms with van der Waals surface area (Å²) in [5.41, 5.74) is 0.848. The van der Waals surface area contributed by atoms with Crippen LogP contribution in [-0.4, -0.2) is 47.2 Å². The molecule has 7 nitrogen and oxygen atoms in total. The van der Waals surface area contributed by atoms with Crippen LogP contribution in [0.15, 0.2) is 28.8 Å². The molecule has 132 valence electrons. The molecule has 0 radical (unpaired) electrons. The van der Waals surface area contributed by atoms with Crippen LogP contribution >= 0.6 is 0 Å². The number of benzene rings is 1. The van der Waals surface area contributed by atoms with Crippen LogP contribution in [0.5, 0.6) is 5.75 Å². The number of hydrogen-bond donors (Lipinski definition) is 0. The van der Waals surface area contributed by atoms with Gasteiger partial charge >= 0.3 is 0 Å². The highest BCUT2D eigenvalue weighted by Crippen LogP contribution is 2.33. The monoisotopic (exact) mass is 342 g/mol. The SMILES string of the molecule is Cc1noc([C@H]2CCCCN2CC(=O)N2CCOc3ccccc32)n1. The van der Waals surface area contributed by atoms with Gasteiger partial charge in [-0.1, -0.05) is 23.7 Å². The van der Waals surface area contributed by atoms with Crippen molar-refractivity contribution in [3.8, 4) is 5.75 Å². The molecule has 2 aromatic rings. The summed E-state index contributed by atoms with van der Waals surface area (Å²) in [5, 5.41) is 3.90. The smallest absolute Gasteiger partial charge is 0.243 e. The fourth-order valence-corrected chi connectivity index (χ4v) is 3.60. The van der Waals surface area contributed by atoms with Gasteiger partial charge in [-0.3, -0.25) is 9.69 Å². The molecule has 0 spiro atoms. The van der Waals surface area contributed by atoms with Crippen LogP contribution in [0.4, 0.5) is 5.69 Å². The van der Waals surface area contributed by atoms with Crippen molar-refractivity contribution in [1.29, 1.82) is 0 Å². The first-order valence-corrected chi connectivity index (χ1v) is 8.79. The Morgan fingerprint density at radius 3 is 3.00 bits per heavy atom. The Bertz CT molecular complexity index is 760. The lowest BCUT2D eigenvalue weighted by Gasteiger charge is -2.35. The Morgan fingerprint density at radius 1 is 1.28 bits per heavy atom. The second-order valence-corrected chi connectivity index (χ2v) is 6.52. The maximum atomic E-state index is 13.0. The van der Waals surface area contributed by atoms with Gasteiger partial charge in [0.2, 0.25) is 11.8 Å². The first-order valence-electron chi connectivity index (χ1n) is 8.79. The molecule has 1 amide bonds. The summed E-state index contributed by atoms with van der Waals surface area (Å²) in [6.07, 6.45) is 3.13. The molecule has 1 aromatic heterocycles. The van der Waals surface area contributed by atoms with Crippen molar-refractivity contribution in [2.24, 2.45) is 0 Å². The molecule has 3 heterocycles. The van der Waals surface area contributed by atoms with Gasteiger partial charge in [-0.2, -0.15) is 4.98 Å². The first kappa shape index (κ1) is 16.1. The van der Waals surface area contributed by atoms with Gasteiger partial charge in [0.25, 0.3) is 0 Å². The lowest BCUT2D eigenvalue weighted by atomic mass is 10.0. The minimum absolute atomic E-state index is 0.0233. The third-order valence-electron chi connectivity index (χ3n) is 4.81. The van der Waals surface area contributed by atoms with E-state index in [1.165, 1.54) is 0 Å². The Balaban J connectivity index is 1.51. The zero-order valence-corrected chi connectivity index (χ0v) is 14.4. The third kappa shape index (κ3) is 3.24. The van der Waals surface area contributed by atoms with E-state index in [-0.39, 0.29) is 11.9 Å².